The predicted octanol–water partition coefficient (Wildman–Crippen LogP) is 3.40. The number of thiazole rings is 1. The van der Waals surface area contributed by atoms with Crippen LogP contribution in [-0.4, -0.2) is 46.2 Å². The van der Waals surface area contributed by atoms with E-state index < -0.39 is 20.9 Å². The van der Waals surface area contributed by atoms with Crippen LogP contribution in [0, 0.1) is 17.0 Å². The van der Waals surface area contributed by atoms with E-state index in [2.05, 4.69) is 10.3 Å². The number of nitrogens with one attached hydrogen (secondary N) is 1. The molecule has 0 saturated carbocycles. The van der Waals surface area contributed by atoms with E-state index in [-0.39, 0.29) is 16.3 Å². The molecule has 1 aliphatic heterocycles. The summed E-state index contributed by atoms with van der Waals surface area (Å²) in [4.78, 5) is 27.9. The molecule has 0 aliphatic carbocycles. The zero-order valence-corrected chi connectivity index (χ0v) is 19.1. The fraction of sp³-hybridized carbons (Fsp3) is 0.300. The average molecular weight is 476 g/mol. The Labute approximate surface area is 188 Å². The quantitative estimate of drug-likeness (QED) is 0.430. The van der Waals surface area contributed by atoms with Crippen LogP contribution < -0.4 is 5.32 Å². The minimum Gasteiger partial charge on any atom is -0.345 e. The third kappa shape index (κ3) is 4.16. The van der Waals surface area contributed by atoms with Gasteiger partial charge in [-0.25, -0.2) is 13.4 Å². The van der Waals surface area contributed by atoms with Crippen LogP contribution >= 0.6 is 11.3 Å². The van der Waals surface area contributed by atoms with Crippen LogP contribution in [0.4, 0.5) is 10.8 Å². The molecule has 12 heteroatoms. The average Bonchev–Trinajstić information content (AvgIpc) is 3.49. The molecule has 1 saturated heterocycles. The van der Waals surface area contributed by atoms with Crippen LogP contribution in [-0.2, 0) is 17.1 Å². The molecule has 0 bridgehead atoms. The lowest BCUT2D eigenvalue weighted by atomic mass is 10.1. The molecule has 1 aliphatic rings. The minimum absolute atomic E-state index is 0.00311. The van der Waals surface area contributed by atoms with E-state index in [0.717, 1.165) is 12.8 Å². The van der Waals surface area contributed by atoms with E-state index in [1.165, 1.54) is 38.5 Å². The van der Waals surface area contributed by atoms with Crippen molar-refractivity contribution in [2.75, 3.05) is 18.4 Å². The molecule has 3 aromatic rings. The predicted molar refractivity (Wildman–Crippen MR) is 120 cm³/mol. The maximum Gasteiger partial charge on any atom is 0.274 e. The second kappa shape index (κ2) is 8.45. The Kier molecular flexibility index (Phi) is 5.84. The number of nitro benzene ring substituents is 1. The van der Waals surface area contributed by atoms with E-state index in [1.54, 1.807) is 31.5 Å². The number of aromatic nitrogens is 2. The van der Waals surface area contributed by atoms with Gasteiger partial charge in [0.1, 0.15) is 10.6 Å². The monoisotopic (exact) mass is 475 g/mol. The second-order valence-electron chi connectivity index (χ2n) is 7.53. The molecule has 4 rings (SSSR count). The van der Waals surface area contributed by atoms with Crippen molar-refractivity contribution < 1.29 is 18.1 Å². The molecule has 0 atom stereocenters. The summed E-state index contributed by atoms with van der Waals surface area (Å²) in [5.41, 5.74) is 1.79. The summed E-state index contributed by atoms with van der Waals surface area (Å²) in [6.45, 7) is 2.63. The summed E-state index contributed by atoms with van der Waals surface area (Å²) in [5, 5.41) is 15.9. The molecule has 32 heavy (non-hydrogen) atoms. The first-order valence-corrected chi connectivity index (χ1v) is 12.2. The van der Waals surface area contributed by atoms with Crippen molar-refractivity contribution in [3.8, 4) is 11.3 Å². The molecule has 1 amide bonds. The number of rotatable bonds is 6. The second-order valence-corrected chi connectivity index (χ2v) is 10.3. The number of hydrogen-bond donors (Lipinski definition) is 1. The van der Waals surface area contributed by atoms with Crippen molar-refractivity contribution in [2.24, 2.45) is 7.05 Å². The lowest BCUT2D eigenvalue weighted by Crippen LogP contribution is -2.27. The first-order chi connectivity index (χ1) is 15.2. The fourth-order valence-corrected chi connectivity index (χ4v) is 5.87. The molecule has 2 aromatic heterocycles. The standard InChI is InChI=1S/C20H21N5O5S2/c1-13-5-6-14(9-17(13)25(27)28)16-12-31-20(21-16)22-19(26)18-10-15(11-23(18)2)32(29,30)24-7-3-4-8-24/h5-6,9-12H,3-4,7-8H2,1-2H3,(H,21,22,26). The summed E-state index contributed by atoms with van der Waals surface area (Å²) in [5.74, 6) is -0.494. The largest absolute Gasteiger partial charge is 0.345 e. The number of hydrogen-bond acceptors (Lipinski definition) is 7. The van der Waals surface area contributed by atoms with Crippen LogP contribution in [0.15, 0.2) is 40.7 Å². The Balaban J connectivity index is 1.54. The van der Waals surface area contributed by atoms with Crippen molar-refractivity contribution in [2.45, 2.75) is 24.7 Å². The lowest BCUT2D eigenvalue weighted by molar-refractivity contribution is -0.385. The zero-order valence-electron chi connectivity index (χ0n) is 17.4. The summed E-state index contributed by atoms with van der Waals surface area (Å²) >= 11 is 1.18. The molecule has 1 aromatic carbocycles. The van der Waals surface area contributed by atoms with E-state index >= 15 is 0 Å². The Bertz CT molecular complexity index is 1310. The number of nitrogens with zero attached hydrogens (tertiary/aromatic N) is 4. The molecule has 1 N–H and O–H groups in total. The van der Waals surface area contributed by atoms with Crippen molar-refractivity contribution in [1.29, 1.82) is 0 Å². The highest BCUT2D eigenvalue weighted by Crippen LogP contribution is 2.30. The maximum atomic E-state index is 12.8. The molecule has 0 radical (unpaired) electrons. The van der Waals surface area contributed by atoms with Gasteiger partial charge in [0, 0.05) is 48.9 Å². The van der Waals surface area contributed by atoms with Crippen LogP contribution in [0.5, 0.6) is 0 Å². The van der Waals surface area contributed by atoms with Crippen molar-refractivity contribution in [1.82, 2.24) is 13.9 Å². The SMILES string of the molecule is Cc1ccc(-c2csc(NC(=O)c3cc(S(=O)(=O)N4CCCC4)cn3C)n2)cc1[N+](=O)[O-]. The molecular formula is C20H21N5O5S2. The van der Waals surface area contributed by atoms with E-state index in [9.17, 15) is 23.3 Å². The van der Waals surface area contributed by atoms with Gasteiger partial charge in [-0.3, -0.25) is 20.2 Å². The van der Waals surface area contributed by atoms with E-state index in [1.807, 2.05) is 0 Å². The van der Waals surface area contributed by atoms with E-state index in [4.69, 9.17) is 0 Å². The molecule has 3 heterocycles. The number of aryl methyl sites for hydroxylation is 2. The normalized spacial score (nSPS) is 14.6. The Morgan fingerprint density at radius 2 is 1.97 bits per heavy atom. The van der Waals surface area contributed by atoms with Gasteiger partial charge < -0.3 is 4.57 Å². The molecule has 10 nitrogen and oxygen atoms in total. The van der Waals surface area contributed by atoms with Crippen molar-refractivity contribution >= 4 is 38.1 Å². The number of carbonyl (C=O) groups is 1. The summed E-state index contributed by atoms with van der Waals surface area (Å²) in [7, 11) is -2.02. The molecule has 168 valence electrons. The minimum atomic E-state index is -3.63. The maximum absolute atomic E-state index is 12.8. The number of amides is 1. The number of carbonyl (C=O) groups excluding carboxylic acids is 1. The summed E-state index contributed by atoms with van der Waals surface area (Å²) < 4.78 is 28.4. The van der Waals surface area contributed by atoms with Crippen molar-refractivity contribution in [3.05, 3.63) is 57.2 Å². The first kappa shape index (κ1) is 22.1. The van der Waals surface area contributed by atoms with Gasteiger partial charge >= 0.3 is 0 Å². The first-order valence-electron chi connectivity index (χ1n) is 9.85. The van der Waals surface area contributed by atoms with Crippen LogP contribution in [0.2, 0.25) is 0 Å². The number of sulfonamides is 1. The van der Waals surface area contributed by atoms with Crippen LogP contribution in [0.25, 0.3) is 11.3 Å². The number of benzene rings is 1. The van der Waals surface area contributed by atoms with Gasteiger partial charge in [0.2, 0.25) is 10.0 Å². The lowest BCUT2D eigenvalue weighted by Gasteiger charge is -2.13. The van der Waals surface area contributed by atoms with Gasteiger partial charge in [0.15, 0.2) is 5.13 Å². The number of nitro groups is 1. The van der Waals surface area contributed by atoms with Gasteiger partial charge in [0.25, 0.3) is 11.6 Å². The van der Waals surface area contributed by atoms with Gasteiger partial charge in [-0.1, -0.05) is 12.1 Å². The molecule has 0 unspecified atom stereocenters. The van der Waals surface area contributed by atoms with Crippen LogP contribution in [0.1, 0.15) is 28.9 Å². The smallest absolute Gasteiger partial charge is 0.274 e. The highest BCUT2D eigenvalue weighted by atomic mass is 32.2. The molecule has 1 fully saturated rings. The Morgan fingerprint density at radius 3 is 2.66 bits per heavy atom. The van der Waals surface area contributed by atoms with Gasteiger partial charge in [-0.2, -0.15) is 4.31 Å². The van der Waals surface area contributed by atoms with Gasteiger partial charge in [-0.15, -0.1) is 11.3 Å². The molecular weight excluding hydrogens is 454 g/mol. The highest BCUT2D eigenvalue weighted by molar-refractivity contribution is 7.89. The zero-order chi connectivity index (χ0) is 23.0. The third-order valence-electron chi connectivity index (χ3n) is 5.34. The Morgan fingerprint density at radius 1 is 1.25 bits per heavy atom. The third-order valence-corrected chi connectivity index (χ3v) is 7.96. The molecule has 0 spiro atoms. The topological polar surface area (TPSA) is 127 Å². The summed E-state index contributed by atoms with van der Waals surface area (Å²) in [6.07, 6.45) is 3.09. The van der Waals surface area contributed by atoms with Gasteiger partial charge in [-0.05, 0) is 25.8 Å². The fourth-order valence-electron chi connectivity index (χ4n) is 3.57. The van der Waals surface area contributed by atoms with Crippen LogP contribution in [0.3, 0.4) is 0 Å². The van der Waals surface area contributed by atoms with E-state index in [0.29, 0.717) is 35.0 Å². The Hall–Kier alpha value is -3.09. The highest BCUT2D eigenvalue weighted by Gasteiger charge is 2.29. The van der Waals surface area contributed by atoms with Gasteiger partial charge in [0.05, 0.1) is 10.6 Å². The van der Waals surface area contributed by atoms with Crippen molar-refractivity contribution in [3.63, 3.8) is 0 Å². The number of anilines is 1. The summed E-state index contributed by atoms with van der Waals surface area (Å²) in [6, 6.07) is 6.19.